The largest absolute Gasteiger partial charge is 0.456 e. The van der Waals surface area contributed by atoms with Crippen molar-refractivity contribution in [3.05, 3.63) is 48.0 Å². The van der Waals surface area contributed by atoms with E-state index in [-0.39, 0.29) is 5.56 Å². The molecule has 0 aliphatic carbocycles. The first-order valence-electron chi connectivity index (χ1n) is 6.25. The highest BCUT2D eigenvalue weighted by Crippen LogP contribution is 2.29. The molecule has 0 unspecified atom stereocenters. The Balaban J connectivity index is 2.25. The number of rotatable bonds is 5. The zero-order chi connectivity index (χ0) is 16.2. The summed E-state index contributed by atoms with van der Waals surface area (Å²) in [5.74, 6) is 0.983. The predicted octanol–water partition coefficient (Wildman–Crippen LogP) is 3.44. The Hall–Kier alpha value is -2.17. The number of hydrogen-bond donors (Lipinski definition) is 1. The number of hydrogen-bond acceptors (Lipinski definition) is 5. The van der Waals surface area contributed by atoms with Crippen molar-refractivity contribution in [3.63, 3.8) is 0 Å². The highest BCUT2D eigenvalue weighted by molar-refractivity contribution is 7.98. The third-order valence-electron chi connectivity index (χ3n) is 2.69. The summed E-state index contributed by atoms with van der Waals surface area (Å²) in [4.78, 5) is 1.11. The quantitative estimate of drug-likeness (QED) is 0.847. The van der Waals surface area contributed by atoms with Gasteiger partial charge in [-0.15, -0.1) is 11.8 Å². The van der Waals surface area contributed by atoms with Gasteiger partial charge < -0.3 is 4.74 Å². The SMILES string of the molecule is CSc1ccc(Oc2ccc(NS(C)(=O)=O)cc2C#N)cc1. The Labute approximate surface area is 134 Å². The van der Waals surface area contributed by atoms with Crippen LogP contribution in [-0.4, -0.2) is 20.9 Å². The van der Waals surface area contributed by atoms with Crippen LogP contribution in [0.2, 0.25) is 0 Å². The lowest BCUT2D eigenvalue weighted by Crippen LogP contribution is -2.09. The van der Waals surface area contributed by atoms with Gasteiger partial charge in [0.25, 0.3) is 0 Å². The summed E-state index contributed by atoms with van der Waals surface area (Å²) >= 11 is 1.63. The van der Waals surface area contributed by atoms with Crippen LogP contribution < -0.4 is 9.46 Å². The van der Waals surface area contributed by atoms with Crippen molar-refractivity contribution in [2.45, 2.75) is 4.90 Å². The first-order chi connectivity index (χ1) is 10.4. The van der Waals surface area contributed by atoms with Crippen molar-refractivity contribution < 1.29 is 13.2 Å². The van der Waals surface area contributed by atoms with Gasteiger partial charge in [-0.25, -0.2) is 8.42 Å². The lowest BCUT2D eigenvalue weighted by molar-refractivity contribution is 0.481. The molecule has 0 saturated carbocycles. The fourth-order valence-corrected chi connectivity index (χ4v) is 2.72. The molecular weight excluding hydrogens is 320 g/mol. The third kappa shape index (κ3) is 4.41. The summed E-state index contributed by atoms with van der Waals surface area (Å²) in [5, 5.41) is 9.19. The molecule has 5 nitrogen and oxygen atoms in total. The lowest BCUT2D eigenvalue weighted by atomic mass is 10.2. The normalized spacial score (nSPS) is 10.8. The van der Waals surface area contributed by atoms with E-state index < -0.39 is 10.0 Å². The lowest BCUT2D eigenvalue weighted by Gasteiger charge is -2.10. The second kappa shape index (κ2) is 6.73. The van der Waals surface area contributed by atoms with Gasteiger partial charge in [-0.05, 0) is 48.7 Å². The molecule has 2 aromatic carbocycles. The molecule has 22 heavy (non-hydrogen) atoms. The Morgan fingerprint density at radius 1 is 1.18 bits per heavy atom. The minimum atomic E-state index is -3.38. The Morgan fingerprint density at radius 2 is 1.86 bits per heavy atom. The van der Waals surface area contributed by atoms with Gasteiger partial charge in [-0.3, -0.25) is 4.72 Å². The maximum absolute atomic E-state index is 11.2. The van der Waals surface area contributed by atoms with Crippen LogP contribution in [0.25, 0.3) is 0 Å². The molecule has 0 aromatic heterocycles. The van der Waals surface area contributed by atoms with Crippen LogP contribution in [0.1, 0.15) is 5.56 Å². The molecule has 114 valence electrons. The van der Waals surface area contributed by atoms with E-state index in [1.54, 1.807) is 23.9 Å². The molecule has 0 spiro atoms. The second-order valence-corrected chi connectivity index (χ2v) is 7.10. The van der Waals surface area contributed by atoms with Crippen LogP contribution in [-0.2, 0) is 10.0 Å². The van der Waals surface area contributed by atoms with Gasteiger partial charge in [-0.2, -0.15) is 5.26 Å². The molecule has 1 N–H and O–H groups in total. The van der Waals surface area contributed by atoms with E-state index in [4.69, 9.17) is 4.74 Å². The van der Waals surface area contributed by atoms with Crippen molar-refractivity contribution in [1.29, 1.82) is 5.26 Å². The zero-order valence-electron chi connectivity index (χ0n) is 12.0. The van der Waals surface area contributed by atoms with Crippen molar-refractivity contribution >= 4 is 27.5 Å². The standard InChI is InChI=1S/C15H14N2O3S2/c1-21-14-6-4-13(5-7-14)20-15-8-3-12(9-11(15)10-16)17-22(2,18)19/h3-9,17H,1-2H3. The molecule has 0 saturated heterocycles. The van der Waals surface area contributed by atoms with E-state index in [1.807, 2.05) is 36.6 Å². The maximum atomic E-state index is 11.2. The van der Waals surface area contributed by atoms with E-state index in [1.165, 1.54) is 6.07 Å². The maximum Gasteiger partial charge on any atom is 0.229 e. The Kier molecular flexibility index (Phi) is 4.96. The number of thioether (sulfide) groups is 1. The zero-order valence-corrected chi connectivity index (χ0v) is 13.7. The summed E-state index contributed by atoms with van der Waals surface area (Å²) in [6.45, 7) is 0. The minimum Gasteiger partial charge on any atom is -0.456 e. The molecule has 0 fully saturated rings. The molecule has 0 bridgehead atoms. The van der Waals surface area contributed by atoms with Crippen LogP contribution in [0.3, 0.4) is 0 Å². The van der Waals surface area contributed by atoms with Crippen LogP contribution in [0.4, 0.5) is 5.69 Å². The summed E-state index contributed by atoms with van der Waals surface area (Å²) < 4.78 is 30.4. The molecule has 2 rings (SSSR count). The van der Waals surface area contributed by atoms with E-state index in [9.17, 15) is 13.7 Å². The highest BCUT2D eigenvalue weighted by atomic mass is 32.2. The van der Waals surface area contributed by atoms with Crippen LogP contribution in [0.5, 0.6) is 11.5 Å². The fourth-order valence-electron chi connectivity index (χ4n) is 1.75. The molecule has 0 aliphatic rings. The average Bonchev–Trinajstić information content (AvgIpc) is 2.48. The van der Waals surface area contributed by atoms with Gasteiger partial charge in [0.05, 0.1) is 17.5 Å². The molecular formula is C15H14N2O3S2. The van der Waals surface area contributed by atoms with Gasteiger partial charge in [0.15, 0.2) is 0 Å². The van der Waals surface area contributed by atoms with Crippen molar-refractivity contribution in [2.24, 2.45) is 0 Å². The molecule has 0 amide bonds. The Morgan fingerprint density at radius 3 is 2.41 bits per heavy atom. The average molecular weight is 334 g/mol. The number of nitrogens with one attached hydrogen (secondary N) is 1. The van der Waals surface area contributed by atoms with Gasteiger partial charge in [-0.1, -0.05) is 0 Å². The number of anilines is 1. The van der Waals surface area contributed by atoms with Crippen molar-refractivity contribution in [3.8, 4) is 17.6 Å². The molecule has 0 heterocycles. The number of benzene rings is 2. The smallest absolute Gasteiger partial charge is 0.229 e. The topological polar surface area (TPSA) is 79.2 Å². The van der Waals surface area contributed by atoms with E-state index >= 15 is 0 Å². The van der Waals surface area contributed by atoms with Crippen LogP contribution >= 0.6 is 11.8 Å². The highest BCUT2D eigenvalue weighted by Gasteiger charge is 2.09. The van der Waals surface area contributed by atoms with E-state index in [2.05, 4.69) is 4.72 Å². The number of nitriles is 1. The van der Waals surface area contributed by atoms with Crippen LogP contribution in [0, 0.1) is 11.3 Å². The molecule has 0 aliphatic heterocycles. The third-order valence-corrected chi connectivity index (χ3v) is 4.04. The summed E-state index contributed by atoms with van der Waals surface area (Å²) in [5.41, 5.74) is 0.576. The van der Waals surface area contributed by atoms with Crippen molar-refractivity contribution in [2.75, 3.05) is 17.2 Å². The van der Waals surface area contributed by atoms with Crippen molar-refractivity contribution in [1.82, 2.24) is 0 Å². The molecule has 2 aromatic rings. The van der Waals surface area contributed by atoms with Crippen LogP contribution in [0.15, 0.2) is 47.4 Å². The molecule has 0 atom stereocenters. The van der Waals surface area contributed by atoms with E-state index in [0.29, 0.717) is 17.2 Å². The second-order valence-electron chi connectivity index (χ2n) is 4.47. The fraction of sp³-hybridized carbons (Fsp3) is 0.133. The summed E-state index contributed by atoms with van der Waals surface area (Å²) in [6.07, 6.45) is 3.04. The first kappa shape index (κ1) is 16.2. The molecule has 0 radical (unpaired) electrons. The Bertz CT molecular complexity index is 810. The molecule has 7 heteroatoms. The van der Waals surface area contributed by atoms with E-state index in [0.717, 1.165) is 11.2 Å². The predicted molar refractivity (Wildman–Crippen MR) is 87.9 cm³/mol. The number of sulfonamides is 1. The number of ether oxygens (including phenoxy) is 1. The van der Waals surface area contributed by atoms with Gasteiger partial charge in [0, 0.05) is 4.90 Å². The van der Waals surface area contributed by atoms with Gasteiger partial charge in [0.1, 0.15) is 17.6 Å². The monoisotopic (exact) mass is 334 g/mol. The first-order valence-corrected chi connectivity index (χ1v) is 9.37. The number of nitrogens with zero attached hydrogens (tertiary/aromatic N) is 1. The van der Waals surface area contributed by atoms with Gasteiger partial charge >= 0.3 is 0 Å². The summed E-state index contributed by atoms with van der Waals surface area (Å²) in [6, 6.07) is 14.0. The van der Waals surface area contributed by atoms with Gasteiger partial charge in [0.2, 0.25) is 10.0 Å². The summed E-state index contributed by atoms with van der Waals surface area (Å²) in [7, 11) is -3.38. The minimum absolute atomic E-state index is 0.252.